The fraction of sp³-hybridized carbons (Fsp3) is 0.393. The number of aromatic nitrogens is 5. The lowest BCUT2D eigenvalue weighted by atomic mass is 9.76. The molecular formula is C28H31N7O3. The van der Waals surface area contributed by atoms with E-state index in [4.69, 9.17) is 14.5 Å². The Bertz CT molecular complexity index is 1510. The quantitative estimate of drug-likeness (QED) is 0.396. The van der Waals surface area contributed by atoms with Crippen LogP contribution >= 0.6 is 0 Å². The second-order valence-corrected chi connectivity index (χ2v) is 10.6. The van der Waals surface area contributed by atoms with E-state index in [-0.39, 0.29) is 12.0 Å². The molecule has 1 aromatic carbocycles. The highest BCUT2D eigenvalue weighted by atomic mass is 16.5. The number of carbonyl (C=O) groups is 1. The van der Waals surface area contributed by atoms with Crippen LogP contribution in [0.25, 0.3) is 22.3 Å². The Morgan fingerprint density at radius 3 is 2.97 bits per heavy atom. The number of fused-ring (bicyclic) bond motifs is 3. The molecule has 2 aliphatic rings. The molecule has 6 rings (SSSR count). The number of H-pyrrole nitrogens is 1. The summed E-state index contributed by atoms with van der Waals surface area (Å²) in [6.07, 6.45) is 6.04. The van der Waals surface area contributed by atoms with Gasteiger partial charge in [0, 0.05) is 35.1 Å². The second kappa shape index (κ2) is 9.59. The van der Waals surface area contributed by atoms with Gasteiger partial charge in [-0.05, 0) is 55.4 Å². The molecule has 0 fully saturated rings. The molecule has 4 aromatic rings. The first kappa shape index (κ1) is 24.1. The number of hydrogen-bond acceptors (Lipinski definition) is 8. The summed E-state index contributed by atoms with van der Waals surface area (Å²) in [7, 11) is 0. The molecule has 10 nitrogen and oxygen atoms in total. The number of imidazole rings is 1. The van der Waals surface area contributed by atoms with Gasteiger partial charge in [-0.1, -0.05) is 19.9 Å². The third-order valence-corrected chi connectivity index (χ3v) is 7.21. The molecule has 0 atom stereocenters. The Balaban J connectivity index is 1.29. The molecule has 0 unspecified atom stereocenters. The van der Waals surface area contributed by atoms with Gasteiger partial charge in [-0.15, -0.1) is 0 Å². The number of benzene rings is 1. The Hall–Kier alpha value is -4.21. The SMILES string of the molecule is CCOC(=O)Nc1nc2ncc(-c3ccc4c(c3)CN(c3ncnc5c3CC(C)(C)CC5)CCO4)cc2[nH]1. The monoisotopic (exact) mass is 513 g/mol. The van der Waals surface area contributed by atoms with Crippen LogP contribution in [0.2, 0.25) is 0 Å². The van der Waals surface area contributed by atoms with Gasteiger partial charge in [-0.3, -0.25) is 5.32 Å². The first-order chi connectivity index (χ1) is 18.4. The molecule has 1 aliphatic carbocycles. The molecule has 0 saturated carbocycles. The van der Waals surface area contributed by atoms with E-state index in [1.54, 1.807) is 19.4 Å². The summed E-state index contributed by atoms with van der Waals surface area (Å²) in [4.78, 5) is 35.3. The molecule has 1 aliphatic heterocycles. The lowest BCUT2D eigenvalue weighted by Crippen LogP contribution is -2.31. The number of rotatable bonds is 4. The van der Waals surface area contributed by atoms with Gasteiger partial charge in [-0.25, -0.2) is 19.7 Å². The van der Waals surface area contributed by atoms with E-state index < -0.39 is 6.09 Å². The molecule has 0 bridgehead atoms. The summed E-state index contributed by atoms with van der Waals surface area (Å²) in [6, 6.07) is 8.20. The van der Waals surface area contributed by atoms with Crippen LogP contribution in [0.4, 0.5) is 16.6 Å². The summed E-state index contributed by atoms with van der Waals surface area (Å²) in [5.41, 5.74) is 6.96. The van der Waals surface area contributed by atoms with E-state index >= 15 is 0 Å². The highest BCUT2D eigenvalue weighted by Gasteiger charge is 2.30. The summed E-state index contributed by atoms with van der Waals surface area (Å²) >= 11 is 0. The molecule has 38 heavy (non-hydrogen) atoms. The van der Waals surface area contributed by atoms with Crippen LogP contribution in [0, 0.1) is 5.41 Å². The van der Waals surface area contributed by atoms with Crippen LogP contribution in [0.15, 0.2) is 36.8 Å². The Labute approximate surface area is 220 Å². The predicted octanol–water partition coefficient (Wildman–Crippen LogP) is 4.90. The Morgan fingerprint density at radius 1 is 1.21 bits per heavy atom. The minimum absolute atomic E-state index is 0.240. The Morgan fingerprint density at radius 2 is 2.11 bits per heavy atom. The highest BCUT2D eigenvalue weighted by Crippen LogP contribution is 2.39. The number of aromatic amines is 1. The van der Waals surface area contributed by atoms with Crippen molar-refractivity contribution in [2.75, 3.05) is 30.0 Å². The van der Waals surface area contributed by atoms with E-state index in [1.807, 2.05) is 18.2 Å². The van der Waals surface area contributed by atoms with E-state index in [1.165, 1.54) is 11.3 Å². The van der Waals surface area contributed by atoms with Crippen LogP contribution in [-0.2, 0) is 24.1 Å². The first-order valence-electron chi connectivity index (χ1n) is 13.0. The normalized spacial score (nSPS) is 16.2. The van der Waals surface area contributed by atoms with Crippen molar-refractivity contribution in [1.82, 2.24) is 24.9 Å². The summed E-state index contributed by atoms with van der Waals surface area (Å²) in [6.45, 7) is 8.71. The van der Waals surface area contributed by atoms with Gasteiger partial charge < -0.3 is 19.4 Å². The zero-order valence-corrected chi connectivity index (χ0v) is 21.9. The maximum absolute atomic E-state index is 11.7. The molecular weight excluding hydrogens is 482 g/mol. The Kier molecular flexibility index (Phi) is 6.09. The summed E-state index contributed by atoms with van der Waals surface area (Å²) < 4.78 is 11.1. The second-order valence-electron chi connectivity index (χ2n) is 10.6. The van der Waals surface area contributed by atoms with E-state index in [9.17, 15) is 4.79 Å². The molecule has 196 valence electrons. The number of nitrogens with zero attached hydrogens (tertiary/aromatic N) is 5. The van der Waals surface area contributed by atoms with E-state index in [2.05, 4.69) is 50.1 Å². The molecule has 2 N–H and O–H groups in total. The molecule has 1 amide bonds. The van der Waals surface area contributed by atoms with Crippen molar-refractivity contribution in [1.29, 1.82) is 0 Å². The summed E-state index contributed by atoms with van der Waals surface area (Å²) in [5, 5.41) is 2.59. The van der Waals surface area contributed by atoms with Gasteiger partial charge in [0.2, 0.25) is 5.95 Å². The van der Waals surface area contributed by atoms with Gasteiger partial charge in [-0.2, -0.15) is 4.98 Å². The maximum Gasteiger partial charge on any atom is 0.413 e. The number of carbonyl (C=O) groups excluding carboxylic acids is 1. The molecule has 10 heteroatoms. The van der Waals surface area contributed by atoms with Gasteiger partial charge in [0.1, 0.15) is 24.5 Å². The summed E-state index contributed by atoms with van der Waals surface area (Å²) in [5.74, 6) is 2.20. The van der Waals surface area contributed by atoms with Crippen LogP contribution < -0.4 is 15.0 Å². The molecule has 4 heterocycles. The third kappa shape index (κ3) is 4.73. The minimum atomic E-state index is -0.560. The van der Waals surface area contributed by atoms with Crippen molar-refractivity contribution in [3.05, 3.63) is 53.6 Å². The maximum atomic E-state index is 11.7. The third-order valence-electron chi connectivity index (χ3n) is 7.21. The number of anilines is 2. The number of amides is 1. The number of ether oxygens (including phenoxy) is 2. The molecule has 0 saturated heterocycles. The number of hydrogen-bond donors (Lipinski definition) is 2. The number of nitrogens with one attached hydrogen (secondary N) is 2. The zero-order valence-electron chi connectivity index (χ0n) is 21.9. The molecule has 0 radical (unpaired) electrons. The number of aryl methyl sites for hydroxylation is 1. The van der Waals surface area contributed by atoms with Crippen molar-refractivity contribution in [3.8, 4) is 16.9 Å². The first-order valence-corrected chi connectivity index (χ1v) is 13.0. The van der Waals surface area contributed by atoms with Gasteiger partial charge in [0.05, 0.1) is 18.7 Å². The number of pyridine rings is 1. The fourth-order valence-electron chi connectivity index (χ4n) is 5.27. The smallest absolute Gasteiger partial charge is 0.413 e. The molecule has 0 spiro atoms. The van der Waals surface area contributed by atoms with Crippen molar-refractivity contribution >= 4 is 29.0 Å². The van der Waals surface area contributed by atoms with Gasteiger partial charge in [0.25, 0.3) is 0 Å². The topological polar surface area (TPSA) is 118 Å². The van der Waals surface area contributed by atoms with Gasteiger partial charge in [0.15, 0.2) is 5.65 Å². The lowest BCUT2D eigenvalue weighted by Gasteiger charge is -2.33. The zero-order chi connectivity index (χ0) is 26.3. The van der Waals surface area contributed by atoms with Gasteiger partial charge >= 0.3 is 6.09 Å². The van der Waals surface area contributed by atoms with Crippen LogP contribution in [0.3, 0.4) is 0 Å². The largest absolute Gasteiger partial charge is 0.491 e. The average molecular weight is 514 g/mol. The lowest BCUT2D eigenvalue weighted by molar-refractivity contribution is 0.167. The van der Waals surface area contributed by atoms with Crippen molar-refractivity contribution < 1.29 is 14.3 Å². The van der Waals surface area contributed by atoms with Crippen LogP contribution in [-0.4, -0.2) is 50.8 Å². The van der Waals surface area contributed by atoms with Crippen molar-refractivity contribution in [3.63, 3.8) is 0 Å². The fourth-order valence-corrected chi connectivity index (χ4v) is 5.27. The highest BCUT2D eigenvalue weighted by molar-refractivity contribution is 5.86. The van der Waals surface area contributed by atoms with E-state index in [0.717, 1.165) is 59.6 Å². The van der Waals surface area contributed by atoms with Crippen molar-refractivity contribution in [2.45, 2.75) is 46.6 Å². The standard InChI is InChI=1S/C28H31N7O3/c1-4-37-27(36)34-26-32-22-12-18(14-29-24(22)33-26)17-5-6-23-19(11-17)15-35(9-10-38-23)25-20-13-28(2,3)8-7-21(20)30-16-31-25/h5-6,11-12,14,16H,4,7-10,13,15H2,1-3H3,(H2,29,32,33,34,36). The van der Waals surface area contributed by atoms with Crippen molar-refractivity contribution in [2.24, 2.45) is 5.41 Å². The van der Waals surface area contributed by atoms with E-state index in [0.29, 0.717) is 24.7 Å². The minimum Gasteiger partial charge on any atom is -0.491 e. The van der Waals surface area contributed by atoms with Crippen LogP contribution in [0.5, 0.6) is 5.75 Å². The average Bonchev–Trinajstić information content (AvgIpc) is 3.16. The van der Waals surface area contributed by atoms with Crippen LogP contribution in [0.1, 0.15) is 44.0 Å². The molecule has 3 aromatic heterocycles. The predicted molar refractivity (Wildman–Crippen MR) is 144 cm³/mol.